The Morgan fingerprint density at radius 1 is 1.14 bits per heavy atom. The fraction of sp³-hybridized carbons (Fsp3) is 0.529. The highest BCUT2D eigenvalue weighted by atomic mass is 16.6. The molecule has 0 saturated heterocycles. The van der Waals surface area contributed by atoms with Gasteiger partial charge in [0.2, 0.25) is 18.2 Å². The number of hydrogen-bond acceptors (Lipinski definition) is 12. The summed E-state index contributed by atoms with van der Waals surface area (Å²) < 4.78 is 16.8. The Kier molecular flexibility index (Phi) is 16.1. The molecule has 49 heavy (non-hydrogen) atoms. The molecule has 0 fully saturated rings. The van der Waals surface area contributed by atoms with Gasteiger partial charge in [-0.15, -0.1) is 0 Å². The van der Waals surface area contributed by atoms with E-state index in [1.54, 1.807) is 26.0 Å². The molecule has 2 amide bonds. The number of methoxy groups -OCH3 is 2. The van der Waals surface area contributed by atoms with Gasteiger partial charge in [0.25, 0.3) is 5.91 Å². The highest BCUT2D eigenvalue weighted by Crippen LogP contribution is 2.28. The van der Waals surface area contributed by atoms with Crippen molar-refractivity contribution < 1.29 is 48.1 Å². The summed E-state index contributed by atoms with van der Waals surface area (Å²) >= 11 is 0. The van der Waals surface area contributed by atoms with Crippen LogP contribution >= 0.6 is 0 Å². The molecule has 270 valence electrons. The first-order valence-corrected chi connectivity index (χ1v) is 15.8. The van der Waals surface area contributed by atoms with Crippen molar-refractivity contribution in [1.82, 2.24) is 15.5 Å². The normalized spacial score (nSPS) is 28.2. The van der Waals surface area contributed by atoms with Crippen molar-refractivity contribution in [1.29, 1.82) is 0 Å². The number of carbonyl (C=O) groups is 5. The Morgan fingerprint density at radius 2 is 1.84 bits per heavy atom. The Labute approximate surface area is 286 Å². The van der Waals surface area contributed by atoms with E-state index in [2.05, 4.69) is 15.8 Å². The van der Waals surface area contributed by atoms with E-state index in [1.165, 1.54) is 33.3 Å². The molecule has 0 radical (unpaired) electrons. The van der Waals surface area contributed by atoms with Gasteiger partial charge < -0.3 is 45.4 Å². The molecule has 2 bridgehead atoms. The molecule has 1 aliphatic carbocycles. The molecule has 0 spiro atoms. The van der Waals surface area contributed by atoms with Gasteiger partial charge in [-0.25, -0.2) is 9.59 Å². The molecule has 0 aromatic rings. The molecule has 2 aliphatic rings. The maximum atomic E-state index is 13.8. The first kappa shape index (κ1) is 40.6. The second kappa shape index (κ2) is 19.4. The van der Waals surface area contributed by atoms with E-state index in [1.807, 2.05) is 25.9 Å². The Balaban J connectivity index is 2.74. The average Bonchev–Trinajstić information content (AvgIpc) is 3.02. The average molecular weight is 688 g/mol. The number of hydrogen-bond donors (Lipinski definition) is 4. The van der Waals surface area contributed by atoms with Crippen LogP contribution in [0.4, 0.5) is 4.79 Å². The number of carboxylic acids is 1. The van der Waals surface area contributed by atoms with Gasteiger partial charge in [-0.3, -0.25) is 14.4 Å². The van der Waals surface area contributed by atoms with Crippen LogP contribution in [0.3, 0.4) is 0 Å². The number of primary amides is 1. The molecule has 5 atom stereocenters. The number of carbonyl (C=O) groups excluding carboxylic acids is 4. The van der Waals surface area contributed by atoms with Crippen molar-refractivity contribution in [2.45, 2.75) is 58.8 Å². The molecular formula is C34H49N5O10. The zero-order chi connectivity index (χ0) is 36.8. The van der Waals surface area contributed by atoms with Crippen molar-refractivity contribution in [3.63, 3.8) is 0 Å². The van der Waals surface area contributed by atoms with Crippen LogP contribution in [0.15, 0.2) is 63.6 Å². The maximum absolute atomic E-state index is 13.8. The molecular weight excluding hydrogens is 638 g/mol. The first-order valence-electron chi connectivity index (χ1n) is 15.8. The highest BCUT2D eigenvalue weighted by molar-refractivity contribution is 6.23. The summed E-state index contributed by atoms with van der Waals surface area (Å²) in [7, 11) is 6.63. The number of fused-ring (bicyclic) bond motifs is 2. The number of ketones is 2. The molecule has 1 heterocycles. The zero-order valence-electron chi connectivity index (χ0n) is 29.4. The molecule has 15 heteroatoms. The summed E-state index contributed by atoms with van der Waals surface area (Å²) in [5.41, 5.74) is 6.68. The van der Waals surface area contributed by atoms with Crippen LogP contribution in [-0.4, -0.2) is 112 Å². The van der Waals surface area contributed by atoms with Crippen LogP contribution in [-0.2, 0) is 38.2 Å². The summed E-state index contributed by atoms with van der Waals surface area (Å²) in [5, 5.41) is 19.0. The van der Waals surface area contributed by atoms with Crippen molar-refractivity contribution in [2.75, 3.05) is 48.0 Å². The predicted octanol–water partition coefficient (Wildman–Crippen LogP) is 2.01. The molecule has 0 aromatic heterocycles. The van der Waals surface area contributed by atoms with Crippen LogP contribution in [0.5, 0.6) is 0 Å². The quantitative estimate of drug-likeness (QED) is 0.148. The highest BCUT2D eigenvalue weighted by Gasteiger charge is 2.33. The summed E-state index contributed by atoms with van der Waals surface area (Å²) in [4.78, 5) is 70.6. The lowest BCUT2D eigenvalue weighted by atomic mass is 9.85. The number of aliphatic carboxylic acids is 1. The van der Waals surface area contributed by atoms with E-state index >= 15 is 0 Å². The number of carboxylic acid groups (broad SMARTS) is 1. The number of nitrogens with zero attached hydrogens (tertiary/aromatic N) is 2. The van der Waals surface area contributed by atoms with Gasteiger partial charge >= 0.3 is 12.1 Å². The third kappa shape index (κ3) is 12.4. The van der Waals surface area contributed by atoms with Gasteiger partial charge in [-0.1, -0.05) is 43.3 Å². The van der Waals surface area contributed by atoms with E-state index in [-0.39, 0.29) is 41.3 Å². The zero-order valence-corrected chi connectivity index (χ0v) is 29.4. The minimum Gasteiger partial charge on any atom is -0.479 e. The lowest BCUT2D eigenvalue weighted by Crippen LogP contribution is -2.38. The second-order valence-corrected chi connectivity index (χ2v) is 12.2. The molecule has 1 aliphatic heterocycles. The van der Waals surface area contributed by atoms with E-state index in [0.717, 1.165) is 6.08 Å². The molecule has 0 aromatic carbocycles. The number of likely N-dealkylation sites (N-methyl/N-ethyl adjacent to an activating group) is 1. The number of rotatable bonds is 10. The third-order valence-electron chi connectivity index (χ3n) is 7.84. The molecule has 5 N–H and O–H groups in total. The number of oxime groups is 1. The van der Waals surface area contributed by atoms with Crippen molar-refractivity contribution in [2.24, 2.45) is 22.7 Å². The van der Waals surface area contributed by atoms with Crippen LogP contribution in [0.1, 0.15) is 40.5 Å². The number of nitrogens with two attached hydrogens (primary N) is 1. The minimum absolute atomic E-state index is 0.135. The van der Waals surface area contributed by atoms with Crippen LogP contribution in [0.25, 0.3) is 0 Å². The lowest BCUT2D eigenvalue weighted by Gasteiger charge is -2.27. The molecule has 2 rings (SSSR count). The van der Waals surface area contributed by atoms with Gasteiger partial charge in [-0.05, 0) is 52.3 Å². The van der Waals surface area contributed by atoms with E-state index in [9.17, 15) is 24.0 Å². The van der Waals surface area contributed by atoms with E-state index in [4.69, 9.17) is 29.9 Å². The maximum Gasteiger partial charge on any atom is 0.405 e. The molecule has 0 unspecified atom stereocenters. The van der Waals surface area contributed by atoms with Crippen molar-refractivity contribution in [3.8, 4) is 0 Å². The second-order valence-electron chi connectivity index (χ2n) is 12.2. The van der Waals surface area contributed by atoms with Crippen LogP contribution in [0.2, 0.25) is 0 Å². The van der Waals surface area contributed by atoms with Crippen LogP contribution < -0.4 is 16.4 Å². The SMILES string of the molecule is CO[C@H]1C[C@H](C)CC2=C(NCCN(C)C)C(=O)C=C(NC(=O)/C(C)=C/C=C\[C@H](OC)[C@@H](OC(N)=O)/C(C)=C/[C@H](C)/C1=N\OCC(=O)O)C2=O. The van der Waals surface area contributed by atoms with Crippen molar-refractivity contribution >= 4 is 35.2 Å². The van der Waals surface area contributed by atoms with Gasteiger partial charge in [0.15, 0.2) is 6.10 Å². The van der Waals surface area contributed by atoms with Gasteiger partial charge in [0.05, 0.1) is 23.2 Å². The topological polar surface area (TPSA) is 208 Å². The first-order chi connectivity index (χ1) is 23.1. The largest absolute Gasteiger partial charge is 0.479 e. The summed E-state index contributed by atoms with van der Waals surface area (Å²) in [6.07, 6.45) is 4.21. The van der Waals surface area contributed by atoms with Crippen LogP contribution in [0, 0.1) is 11.8 Å². The Bertz CT molecular complexity index is 1440. The van der Waals surface area contributed by atoms with E-state index < -0.39 is 60.4 Å². The van der Waals surface area contributed by atoms with Gasteiger partial charge in [0, 0.05) is 50.4 Å². The number of Topliss-reactive ketones (excluding diaryl/α,β-unsaturated/α-hetero) is 1. The third-order valence-corrected chi connectivity index (χ3v) is 7.84. The fourth-order valence-electron chi connectivity index (χ4n) is 5.34. The Morgan fingerprint density at radius 3 is 2.43 bits per heavy atom. The van der Waals surface area contributed by atoms with E-state index in [0.29, 0.717) is 24.4 Å². The summed E-state index contributed by atoms with van der Waals surface area (Å²) in [5.74, 6) is -3.62. The monoisotopic (exact) mass is 687 g/mol. The van der Waals surface area contributed by atoms with Crippen molar-refractivity contribution in [3.05, 3.63) is 58.5 Å². The molecule has 0 saturated carbocycles. The number of ether oxygens (including phenoxy) is 3. The number of allylic oxidation sites excluding steroid dienone is 5. The number of amides is 2. The molecule has 15 nitrogen and oxygen atoms in total. The summed E-state index contributed by atoms with van der Waals surface area (Å²) in [6.45, 7) is 7.18. The standard InChI is InChI=1S/C34H49N5O10/c1-19-14-23-30(36-12-13-39(5)6)25(40)17-24(31(23)43)37-33(44)20(2)10-9-11-26(46-7)32(49-34(35)45)22(4)16-21(3)29(27(15-19)47-8)38-48-18-28(41)42/h9-11,16-17,19,21,26-27,32,36H,12-15,18H2,1-8H3,(H2,35,45)(H,37,44)(H,41,42)/b11-9-,20-10+,22-16+,38-29+/t19-,21+,26+,27+,32+/m1/s1. The summed E-state index contributed by atoms with van der Waals surface area (Å²) in [6, 6.07) is 0. The lowest BCUT2D eigenvalue weighted by molar-refractivity contribution is -0.142. The number of nitrogens with one attached hydrogen (secondary N) is 2. The van der Waals surface area contributed by atoms with Gasteiger partial charge in [0.1, 0.15) is 6.10 Å². The predicted molar refractivity (Wildman–Crippen MR) is 181 cm³/mol. The smallest absolute Gasteiger partial charge is 0.405 e. The fourth-order valence-corrected chi connectivity index (χ4v) is 5.34. The minimum atomic E-state index is -1.23. The Hall–Kier alpha value is -4.60. The van der Waals surface area contributed by atoms with Gasteiger partial charge in [-0.2, -0.15) is 0 Å².